The number of thioether (sulfide) groups is 1. The van der Waals surface area contributed by atoms with E-state index >= 15 is 0 Å². The summed E-state index contributed by atoms with van der Waals surface area (Å²) in [6.45, 7) is 1.73. The standard InChI is InChI=1S/C18H23ClN4O5S/c1-10(24)9-29-18-20-15-14(16(26)21-17(27)22(15)2)23(18)7-12(25)8-28-13-5-3-11(19)4-6-13/h3-6,10,12,14-15,24-25H,7-9H2,1-2H3,(H,21,26,27). The number of benzene rings is 1. The van der Waals surface area contributed by atoms with Gasteiger partial charge in [0.15, 0.2) is 17.4 Å². The number of hydrogen-bond acceptors (Lipinski definition) is 8. The molecule has 0 spiro atoms. The first-order chi connectivity index (χ1) is 13.8. The van der Waals surface area contributed by atoms with E-state index in [4.69, 9.17) is 16.3 Å². The van der Waals surface area contributed by atoms with Gasteiger partial charge in [-0.2, -0.15) is 0 Å². The maximum Gasteiger partial charge on any atom is 0.325 e. The van der Waals surface area contributed by atoms with Crippen LogP contribution in [0.1, 0.15) is 6.92 Å². The van der Waals surface area contributed by atoms with Gasteiger partial charge in [0.2, 0.25) is 0 Å². The lowest BCUT2D eigenvalue weighted by molar-refractivity contribution is -0.127. The number of amidine groups is 1. The van der Waals surface area contributed by atoms with Crippen LogP contribution in [-0.2, 0) is 4.79 Å². The second-order valence-corrected chi connectivity index (χ2v) is 8.33. The predicted octanol–water partition coefficient (Wildman–Crippen LogP) is 0.742. The summed E-state index contributed by atoms with van der Waals surface area (Å²) in [5.74, 6) is 0.456. The van der Waals surface area contributed by atoms with Crippen LogP contribution in [0, 0.1) is 0 Å². The smallest absolute Gasteiger partial charge is 0.325 e. The normalized spacial score (nSPS) is 23.4. The van der Waals surface area contributed by atoms with E-state index < -0.39 is 36.4 Å². The van der Waals surface area contributed by atoms with Gasteiger partial charge in [-0.1, -0.05) is 23.4 Å². The number of amides is 3. The number of likely N-dealkylation sites (N-methyl/N-ethyl adjacent to an activating group) is 1. The van der Waals surface area contributed by atoms with Crippen LogP contribution in [0.25, 0.3) is 0 Å². The van der Waals surface area contributed by atoms with Crippen LogP contribution in [0.4, 0.5) is 4.79 Å². The molecule has 4 unspecified atom stereocenters. The van der Waals surface area contributed by atoms with E-state index in [0.717, 1.165) is 0 Å². The first-order valence-electron chi connectivity index (χ1n) is 9.05. The summed E-state index contributed by atoms with van der Waals surface area (Å²) in [5.41, 5.74) is 0. The van der Waals surface area contributed by atoms with Crippen LogP contribution in [-0.4, -0.2) is 87.5 Å². The second kappa shape index (κ2) is 9.21. The zero-order chi connectivity index (χ0) is 21.1. The number of aliphatic hydroxyl groups is 2. The fourth-order valence-electron chi connectivity index (χ4n) is 3.01. The Hall–Kier alpha value is -2.01. The number of β-amino-alcohol motifs (C(OH)–C–C–N with tert-alkyl or cyclic N) is 1. The fourth-order valence-corrected chi connectivity index (χ4v) is 4.06. The van der Waals surface area contributed by atoms with Gasteiger partial charge in [0, 0.05) is 17.8 Å². The van der Waals surface area contributed by atoms with Gasteiger partial charge in [0.1, 0.15) is 18.5 Å². The maximum absolute atomic E-state index is 12.5. The van der Waals surface area contributed by atoms with Crippen molar-refractivity contribution >= 4 is 40.5 Å². The number of hydrogen-bond donors (Lipinski definition) is 3. The zero-order valence-corrected chi connectivity index (χ0v) is 17.6. The Bertz CT molecular complexity index is 791. The van der Waals surface area contributed by atoms with Gasteiger partial charge in [-0.05, 0) is 31.2 Å². The van der Waals surface area contributed by atoms with Crippen LogP contribution in [0.3, 0.4) is 0 Å². The molecule has 158 valence electrons. The van der Waals surface area contributed by atoms with Gasteiger partial charge in [0.05, 0.1) is 12.6 Å². The number of halogens is 1. The van der Waals surface area contributed by atoms with Crippen molar-refractivity contribution in [3.05, 3.63) is 29.3 Å². The van der Waals surface area contributed by atoms with Crippen LogP contribution < -0.4 is 10.1 Å². The van der Waals surface area contributed by atoms with E-state index in [9.17, 15) is 19.8 Å². The lowest BCUT2D eigenvalue weighted by Crippen LogP contribution is -2.64. The molecule has 0 aromatic heterocycles. The van der Waals surface area contributed by atoms with E-state index in [1.807, 2.05) is 0 Å². The third-order valence-electron chi connectivity index (χ3n) is 4.44. The van der Waals surface area contributed by atoms with Crippen molar-refractivity contribution in [3.8, 4) is 5.75 Å². The quantitative estimate of drug-likeness (QED) is 0.570. The van der Waals surface area contributed by atoms with E-state index in [-0.39, 0.29) is 13.2 Å². The van der Waals surface area contributed by atoms with E-state index in [1.54, 1.807) is 43.1 Å². The van der Waals surface area contributed by atoms with Gasteiger partial charge < -0.3 is 24.7 Å². The van der Waals surface area contributed by atoms with Gasteiger partial charge in [0.25, 0.3) is 5.91 Å². The molecule has 9 nitrogen and oxygen atoms in total. The molecular weight excluding hydrogens is 420 g/mol. The zero-order valence-electron chi connectivity index (χ0n) is 16.0. The van der Waals surface area contributed by atoms with E-state index in [2.05, 4.69) is 10.3 Å². The van der Waals surface area contributed by atoms with Crippen molar-refractivity contribution in [1.82, 2.24) is 15.1 Å². The highest BCUT2D eigenvalue weighted by Crippen LogP contribution is 2.29. The summed E-state index contributed by atoms with van der Waals surface area (Å²) < 4.78 is 5.58. The number of nitrogens with one attached hydrogen (secondary N) is 1. The second-order valence-electron chi connectivity index (χ2n) is 6.91. The van der Waals surface area contributed by atoms with Crippen molar-refractivity contribution in [2.24, 2.45) is 4.99 Å². The Labute approximate surface area is 177 Å². The molecule has 0 bridgehead atoms. The number of rotatable bonds is 7. The molecule has 0 saturated carbocycles. The van der Waals surface area contributed by atoms with Crippen molar-refractivity contribution in [3.63, 3.8) is 0 Å². The Balaban J connectivity index is 1.69. The Morgan fingerprint density at radius 2 is 2.00 bits per heavy atom. The monoisotopic (exact) mass is 442 g/mol. The number of fused-ring (bicyclic) bond motifs is 1. The SMILES string of the molecule is CC(O)CSC1=NC2C(C(=O)NC(=O)N2C)N1CC(O)COc1ccc(Cl)cc1. The summed E-state index contributed by atoms with van der Waals surface area (Å²) in [5, 5.41) is 23.5. The Kier molecular flexibility index (Phi) is 6.89. The molecule has 1 aromatic carbocycles. The summed E-state index contributed by atoms with van der Waals surface area (Å²) in [4.78, 5) is 31.9. The summed E-state index contributed by atoms with van der Waals surface area (Å²) in [6, 6.07) is 5.49. The maximum atomic E-state index is 12.5. The minimum Gasteiger partial charge on any atom is -0.491 e. The number of urea groups is 1. The highest BCUT2D eigenvalue weighted by atomic mass is 35.5. The molecule has 29 heavy (non-hydrogen) atoms. The highest BCUT2D eigenvalue weighted by molar-refractivity contribution is 8.13. The predicted molar refractivity (Wildman–Crippen MR) is 110 cm³/mol. The minimum atomic E-state index is -0.919. The van der Waals surface area contributed by atoms with Gasteiger partial charge in [-0.25, -0.2) is 9.79 Å². The molecule has 2 aliphatic rings. The average molecular weight is 443 g/mol. The molecule has 1 saturated heterocycles. The topological polar surface area (TPSA) is 115 Å². The van der Waals surface area contributed by atoms with Crippen molar-refractivity contribution < 1.29 is 24.5 Å². The molecule has 1 aromatic rings. The van der Waals surface area contributed by atoms with Crippen molar-refractivity contribution in [2.45, 2.75) is 31.3 Å². The molecule has 2 heterocycles. The van der Waals surface area contributed by atoms with Crippen LogP contribution in [0.2, 0.25) is 5.02 Å². The van der Waals surface area contributed by atoms with Gasteiger partial charge in [-0.15, -0.1) is 0 Å². The molecule has 3 rings (SSSR count). The number of aliphatic imine (C=N–C) groups is 1. The molecule has 2 aliphatic heterocycles. The van der Waals surface area contributed by atoms with E-state index in [1.165, 1.54) is 16.7 Å². The Morgan fingerprint density at radius 1 is 1.31 bits per heavy atom. The summed E-state index contributed by atoms with van der Waals surface area (Å²) in [7, 11) is 1.56. The third kappa shape index (κ3) is 5.13. The number of carbonyl (C=O) groups is 2. The number of aliphatic hydroxyl groups excluding tert-OH is 2. The molecular formula is C18H23ClN4O5S. The lowest BCUT2D eigenvalue weighted by atomic mass is 10.1. The third-order valence-corrected chi connectivity index (χ3v) is 5.94. The molecule has 3 amide bonds. The number of ether oxygens (including phenoxy) is 1. The number of nitrogens with zero attached hydrogens (tertiary/aromatic N) is 3. The first-order valence-corrected chi connectivity index (χ1v) is 10.4. The summed E-state index contributed by atoms with van der Waals surface area (Å²) in [6.07, 6.45) is -2.17. The Morgan fingerprint density at radius 3 is 2.66 bits per heavy atom. The fraction of sp³-hybridized carbons (Fsp3) is 0.500. The van der Waals surface area contributed by atoms with Crippen LogP contribution in [0.5, 0.6) is 5.75 Å². The molecule has 4 atom stereocenters. The van der Waals surface area contributed by atoms with E-state index in [0.29, 0.717) is 21.7 Å². The highest BCUT2D eigenvalue weighted by Gasteiger charge is 2.49. The first kappa shape index (κ1) is 21.7. The lowest BCUT2D eigenvalue weighted by Gasteiger charge is -2.36. The van der Waals surface area contributed by atoms with Gasteiger partial charge in [-0.3, -0.25) is 10.1 Å². The minimum absolute atomic E-state index is 0.000255. The molecule has 1 fully saturated rings. The molecule has 11 heteroatoms. The van der Waals surface area contributed by atoms with Crippen LogP contribution >= 0.6 is 23.4 Å². The number of carbonyl (C=O) groups excluding carboxylic acids is 2. The number of imide groups is 1. The molecule has 0 aliphatic carbocycles. The van der Waals surface area contributed by atoms with Crippen LogP contribution in [0.15, 0.2) is 29.3 Å². The van der Waals surface area contributed by atoms with Crippen molar-refractivity contribution in [1.29, 1.82) is 0 Å². The van der Waals surface area contributed by atoms with Crippen molar-refractivity contribution in [2.75, 3.05) is 26.0 Å². The van der Waals surface area contributed by atoms with Gasteiger partial charge >= 0.3 is 6.03 Å². The largest absolute Gasteiger partial charge is 0.491 e. The molecule has 0 radical (unpaired) electrons. The molecule has 3 N–H and O–H groups in total. The average Bonchev–Trinajstić information content (AvgIpc) is 3.03. The summed E-state index contributed by atoms with van der Waals surface area (Å²) >= 11 is 7.12.